The third-order valence-electron chi connectivity index (χ3n) is 7.95. The number of nitrogens with zero attached hydrogens (tertiary/aromatic N) is 6. The number of halogens is 2. The molecule has 4 aromatic rings. The molecule has 1 aliphatic carbocycles. The van der Waals surface area contributed by atoms with Crippen molar-refractivity contribution < 1.29 is 23.1 Å². The molecule has 250 valence electrons. The molecule has 3 aliphatic rings. The fourth-order valence-electron chi connectivity index (χ4n) is 5.45. The summed E-state index contributed by atoms with van der Waals surface area (Å²) in [4.78, 5) is 44.3. The number of carbonyl (C=O) groups is 2. The Morgan fingerprint density at radius 3 is 1.81 bits per heavy atom. The standard InChI is InChI=1S/C18H20ClN5O2.C13H11ClN4O3S/c19-14-3-1-2-4-15(14)24-10-11-9-20-17(22-16(11)23-18(24)26)21-12-5-7-13(25)8-6-12;1-22(20,21)12-15-6-8-7-18(13(19)17-11(8)16-12)10-5-3-2-4-9(10)14/h1-4,9,12-13,25H,5-8,10H2,(H2,20,21,22,23,26);2-6H,7H2,1H3,(H,15,16,17,19). The van der Waals surface area contributed by atoms with Crippen molar-refractivity contribution in [3.63, 3.8) is 0 Å². The molecule has 2 aromatic carbocycles. The first-order valence-corrected chi connectivity index (χ1v) is 17.6. The zero-order chi connectivity index (χ0) is 34.0. The van der Waals surface area contributed by atoms with Crippen LogP contribution in [0.25, 0.3) is 0 Å². The van der Waals surface area contributed by atoms with Crippen molar-refractivity contribution in [3.05, 3.63) is 82.1 Å². The van der Waals surface area contributed by atoms with Crippen LogP contribution in [-0.2, 0) is 22.9 Å². The van der Waals surface area contributed by atoms with Gasteiger partial charge in [0.15, 0.2) is 0 Å². The first-order valence-electron chi connectivity index (χ1n) is 15.0. The summed E-state index contributed by atoms with van der Waals surface area (Å²) in [6.45, 7) is 0.565. The average molecular weight is 713 g/mol. The molecule has 0 saturated heterocycles. The van der Waals surface area contributed by atoms with Crippen LogP contribution >= 0.6 is 23.2 Å². The zero-order valence-corrected chi connectivity index (χ0v) is 27.9. The average Bonchev–Trinajstić information content (AvgIpc) is 3.05. The number of nitrogens with one attached hydrogen (secondary N) is 3. The molecule has 17 heteroatoms. The molecule has 7 rings (SSSR count). The number of benzene rings is 2. The summed E-state index contributed by atoms with van der Waals surface area (Å²) in [7, 11) is -3.53. The number of aromatic nitrogens is 4. The van der Waals surface area contributed by atoms with E-state index in [0.29, 0.717) is 45.3 Å². The smallest absolute Gasteiger partial charge is 0.327 e. The third kappa shape index (κ3) is 7.44. The molecule has 0 unspecified atom stereocenters. The number of carbonyl (C=O) groups excluding carboxylic acids is 2. The van der Waals surface area contributed by atoms with Crippen LogP contribution in [-0.4, -0.2) is 63.9 Å². The van der Waals surface area contributed by atoms with Crippen LogP contribution < -0.4 is 25.8 Å². The molecule has 14 nitrogen and oxygen atoms in total. The topological polar surface area (TPSA) is 183 Å². The Bertz CT molecular complexity index is 1980. The summed E-state index contributed by atoms with van der Waals surface area (Å²) in [5.74, 6) is 1.21. The summed E-state index contributed by atoms with van der Waals surface area (Å²) in [5, 5.41) is 18.9. The van der Waals surface area contributed by atoms with Crippen LogP contribution in [0.2, 0.25) is 10.0 Å². The number of aliphatic hydroxyl groups excluding tert-OH is 1. The monoisotopic (exact) mass is 711 g/mol. The molecule has 0 spiro atoms. The lowest BCUT2D eigenvalue weighted by molar-refractivity contribution is 0.126. The highest BCUT2D eigenvalue weighted by atomic mass is 35.5. The number of fused-ring (bicyclic) bond motifs is 2. The second kappa shape index (κ2) is 13.9. The number of urea groups is 2. The van der Waals surface area contributed by atoms with E-state index in [-0.39, 0.29) is 35.7 Å². The third-order valence-corrected chi connectivity index (χ3v) is 9.45. The Kier molecular flexibility index (Phi) is 9.64. The van der Waals surface area contributed by atoms with Gasteiger partial charge in [0, 0.05) is 35.8 Å². The first-order chi connectivity index (χ1) is 23.0. The van der Waals surface area contributed by atoms with E-state index in [9.17, 15) is 23.1 Å². The summed E-state index contributed by atoms with van der Waals surface area (Å²) in [5.41, 5.74) is 2.64. The zero-order valence-electron chi connectivity index (χ0n) is 25.6. The van der Waals surface area contributed by atoms with Crippen molar-refractivity contribution in [2.45, 2.75) is 56.1 Å². The number of anilines is 5. The summed E-state index contributed by atoms with van der Waals surface area (Å²) in [6.07, 6.45) is 7.26. The van der Waals surface area contributed by atoms with Gasteiger partial charge in [0.25, 0.3) is 0 Å². The summed E-state index contributed by atoms with van der Waals surface area (Å²) >= 11 is 12.3. The normalized spacial score (nSPS) is 18.8. The van der Waals surface area contributed by atoms with Crippen LogP contribution in [0.5, 0.6) is 0 Å². The van der Waals surface area contributed by atoms with Crippen LogP contribution in [0.3, 0.4) is 0 Å². The summed E-state index contributed by atoms with van der Waals surface area (Å²) in [6, 6.07) is 13.7. The van der Waals surface area contributed by atoms with Gasteiger partial charge in [-0.1, -0.05) is 47.5 Å². The van der Waals surface area contributed by atoms with E-state index in [1.54, 1.807) is 47.5 Å². The predicted molar refractivity (Wildman–Crippen MR) is 182 cm³/mol. The van der Waals surface area contributed by atoms with Crippen molar-refractivity contribution in [1.29, 1.82) is 0 Å². The Morgan fingerprint density at radius 2 is 1.29 bits per heavy atom. The van der Waals surface area contributed by atoms with Gasteiger partial charge >= 0.3 is 12.1 Å². The maximum absolute atomic E-state index is 12.5. The summed E-state index contributed by atoms with van der Waals surface area (Å²) < 4.78 is 22.9. The second-order valence-corrected chi connectivity index (χ2v) is 14.2. The van der Waals surface area contributed by atoms with Gasteiger partial charge < -0.3 is 10.4 Å². The maximum Gasteiger partial charge on any atom is 0.327 e. The number of aliphatic hydroxyl groups is 1. The highest BCUT2D eigenvalue weighted by Gasteiger charge is 2.29. The van der Waals surface area contributed by atoms with E-state index < -0.39 is 15.9 Å². The van der Waals surface area contributed by atoms with Crippen molar-refractivity contribution in [2.24, 2.45) is 0 Å². The molecular weight excluding hydrogens is 681 g/mol. The quantitative estimate of drug-likeness (QED) is 0.193. The molecule has 0 bridgehead atoms. The highest BCUT2D eigenvalue weighted by Crippen LogP contribution is 2.33. The lowest BCUT2D eigenvalue weighted by Gasteiger charge is -2.30. The number of hydrogen-bond acceptors (Lipinski definition) is 10. The van der Waals surface area contributed by atoms with Gasteiger partial charge in [-0.25, -0.2) is 33.0 Å². The van der Waals surface area contributed by atoms with Crippen molar-refractivity contribution in [1.82, 2.24) is 19.9 Å². The first kappa shape index (κ1) is 33.3. The van der Waals surface area contributed by atoms with Gasteiger partial charge in [-0.15, -0.1) is 0 Å². The van der Waals surface area contributed by atoms with Crippen LogP contribution in [0.1, 0.15) is 36.8 Å². The van der Waals surface area contributed by atoms with E-state index in [2.05, 4.69) is 35.9 Å². The number of sulfone groups is 1. The molecule has 4 amide bonds. The molecule has 48 heavy (non-hydrogen) atoms. The molecule has 0 atom stereocenters. The molecule has 2 aromatic heterocycles. The molecular formula is C31H31Cl2N9O5S. The lowest BCUT2D eigenvalue weighted by Crippen LogP contribution is -2.39. The molecule has 0 radical (unpaired) electrons. The van der Waals surface area contributed by atoms with Crippen LogP contribution in [0.4, 0.5) is 38.5 Å². The number of rotatable bonds is 5. The predicted octanol–water partition coefficient (Wildman–Crippen LogP) is 5.48. The van der Waals surface area contributed by atoms with Gasteiger partial charge in [-0.2, -0.15) is 4.98 Å². The minimum absolute atomic E-state index is 0.198. The van der Waals surface area contributed by atoms with E-state index in [0.717, 1.165) is 37.5 Å². The Hall–Kier alpha value is -4.57. The largest absolute Gasteiger partial charge is 0.393 e. The Labute approximate surface area is 286 Å². The van der Waals surface area contributed by atoms with E-state index in [1.165, 1.54) is 11.1 Å². The Morgan fingerprint density at radius 1 is 0.792 bits per heavy atom. The van der Waals surface area contributed by atoms with Crippen molar-refractivity contribution in [2.75, 3.05) is 32.0 Å². The molecule has 4 N–H and O–H groups in total. The number of para-hydroxylation sites is 2. The molecule has 4 heterocycles. The minimum Gasteiger partial charge on any atom is -0.393 e. The van der Waals surface area contributed by atoms with Crippen molar-refractivity contribution in [3.8, 4) is 0 Å². The van der Waals surface area contributed by atoms with E-state index in [1.807, 2.05) is 12.1 Å². The number of amides is 4. The van der Waals surface area contributed by atoms with Gasteiger partial charge in [0.05, 0.1) is 40.6 Å². The van der Waals surface area contributed by atoms with Gasteiger partial charge in [-0.3, -0.25) is 20.4 Å². The molecule has 1 saturated carbocycles. The van der Waals surface area contributed by atoms with Crippen LogP contribution in [0, 0.1) is 0 Å². The second-order valence-electron chi connectivity index (χ2n) is 11.5. The Balaban J connectivity index is 0.000000170. The fraction of sp³-hybridized carbons (Fsp3) is 0.290. The molecule has 1 fully saturated rings. The van der Waals surface area contributed by atoms with Gasteiger partial charge in [0.2, 0.25) is 20.9 Å². The number of hydrogen-bond donors (Lipinski definition) is 4. The van der Waals surface area contributed by atoms with E-state index in [4.69, 9.17) is 23.2 Å². The van der Waals surface area contributed by atoms with E-state index >= 15 is 0 Å². The fourth-order valence-corrected chi connectivity index (χ4v) is 6.43. The van der Waals surface area contributed by atoms with Crippen LogP contribution in [0.15, 0.2) is 66.1 Å². The SMILES string of the molecule is CS(=O)(=O)c1ncc2c(n1)NC(=O)N(c1ccccc1Cl)C2.O=C1Nc2nc(NC3CCC(O)CC3)ncc2CN1c1ccccc1Cl. The van der Waals surface area contributed by atoms with Gasteiger partial charge in [-0.05, 0) is 49.9 Å². The minimum atomic E-state index is -3.53. The van der Waals surface area contributed by atoms with Gasteiger partial charge in [0.1, 0.15) is 11.6 Å². The van der Waals surface area contributed by atoms with Crippen molar-refractivity contribution >= 4 is 74.1 Å². The maximum atomic E-state index is 12.5. The molecule has 2 aliphatic heterocycles. The lowest BCUT2D eigenvalue weighted by atomic mass is 9.93. The highest BCUT2D eigenvalue weighted by molar-refractivity contribution is 7.90.